The Hall–Kier alpha value is -1.88. The van der Waals surface area contributed by atoms with E-state index < -0.39 is 0 Å². The van der Waals surface area contributed by atoms with Gasteiger partial charge < -0.3 is 4.90 Å². The van der Waals surface area contributed by atoms with E-state index in [4.69, 9.17) is 0 Å². The first-order chi connectivity index (χ1) is 9.69. The molecule has 0 N–H and O–H groups in total. The number of anilines is 1. The summed E-state index contributed by atoms with van der Waals surface area (Å²) in [5, 5.41) is 11.0. The third-order valence-electron chi connectivity index (χ3n) is 4.38. The molecule has 1 aromatic rings. The average molecular weight is 273 g/mol. The molecule has 2 fully saturated rings. The number of nitro groups is 1. The van der Waals surface area contributed by atoms with E-state index in [2.05, 4.69) is 16.4 Å². The van der Waals surface area contributed by atoms with Crippen LogP contribution in [-0.2, 0) is 0 Å². The molecule has 20 heavy (non-hydrogen) atoms. The SMILES string of the molecule is C=Cc1cc(N2CCN3CCC[C@H]3C2)ccc1[N+](=O)[O-]. The van der Waals surface area contributed by atoms with Crippen molar-refractivity contribution in [3.63, 3.8) is 0 Å². The zero-order chi connectivity index (χ0) is 14.1. The minimum Gasteiger partial charge on any atom is -0.369 e. The van der Waals surface area contributed by atoms with Crippen LogP contribution in [0.25, 0.3) is 6.08 Å². The van der Waals surface area contributed by atoms with Crippen molar-refractivity contribution in [2.45, 2.75) is 18.9 Å². The third kappa shape index (κ3) is 2.29. The summed E-state index contributed by atoms with van der Waals surface area (Å²) >= 11 is 0. The predicted octanol–water partition coefficient (Wildman–Crippen LogP) is 2.52. The number of benzene rings is 1. The predicted molar refractivity (Wildman–Crippen MR) is 80.0 cm³/mol. The molecule has 0 aromatic heterocycles. The van der Waals surface area contributed by atoms with Crippen molar-refractivity contribution in [3.05, 3.63) is 40.5 Å². The van der Waals surface area contributed by atoms with Gasteiger partial charge >= 0.3 is 0 Å². The van der Waals surface area contributed by atoms with Crippen LogP contribution in [0.1, 0.15) is 18.4 Å². The summed E-state index contributed by atoms with van der Waals surface area (Å²) in [6, 6.07) is 5.98. The molecule has 5 heteroatoms. The molecule has 0 radical (unpaired) electrons. The van der Waals surface area contributed by atoms with Crippen LogP contribution >= 0.6 is 0 Å². The molecule has 0 aliphatic carbocycles. The van der Waals surface area contributed by atoms with E-state index in [1.807, 2.05) is 12.1 Å². The first kappa shape index (κ1) is 13.1. The van der Waals surface area contributed by atoms with Crippen LogP contribution in [0.2, 0.25) is 0 Å². The molecule has 3 rings (SSSR count). The van der Waals surface area contributed by atoms with E-state index >= 15 is 0 Å². The van der Waals surface area contributed by atoms with Gasteiger partial charge in [0.25, 0.3) is 5.69 Å². The lowest BCUT2D eigenvalue weighted by Gasteiger charge is -2.38. The molecular formula is C15H19N3O2. The van der Waals surface area contributed by atoms with E-state index in [1.165, 1.54) is 19.4 Å². The fourth-order valence-electron chi connectivity index (χ4n) is 3.29. The van der Waals surface area contributed by atoms with Crippen molar-refractivity contribution in [1.29, 1.82) is 0 Å². The average Bonchev–Trinajstić information content (AvgIpc) is 2.93. The van der Waals surface area contributed by atoms with Crippen molar-refractivity contribution in [2.75, 3.05) is 31.1 Å². The summed E-state index contributed by atoms with van der Waals surface area (Å²) < 4.78 is 0. The third-order valence-corrected chi connectivity index (χ3v) is 4.38. The normalized spacial score (nSPS) is 22.6. The van der Waals surface area contributed by atoms with Crippen LogP contribution in [-0.4, -0.2) is 42.0 Å². The zero-order valence-electron chi connectivity index (χ0n) is 11.5. The highest BCUT2D eigenvalue weighted by molar-refractivity contribution is 5.66. The number of rotatable bonds is 3. The highest BCUT2D eigenvalue weighted by Gasteiger charge is 2.30. The summed E-state index contributed by atoms with van der Waals surface area (Å²) in [6.07, 6.45) is 4.11. The zero-order valence-corrected chi connectivity index (χ0v) is 11.5. The molecule has 106 valence electrons. The number of nitro benzene ring substituents is 1. The number of hydrogen-bond acceptors (Lipinski definition) is 4. The Balaban J connectivity index is 1.83. The molecule has 2 saturated heterocycles. The van der Waals surface area contributed by atoms with Gasteiger partial charge in [0.05, 0.1) is 10.5 Å². The fourth-order valence-corrected chi connectivity index (χ4v) is 3.29. The Labute approximate surface area is 118 Å². The van der Waals surface area contributed by atoms with Crippen molar-refractivity contribution < 1.29 is 4.92 Å². The number of hydrogen-bond donors (Lipinski definition) is 0. The second-order valence-corrected chi connectivity index (χ2v) is 5.48. The number of fused-ring (bicyclic) bond motifs is 1. The lowest BCUT2D eigenvalue weighted by molar-refractivity contribution is -0.385. The van der Waals surface area contributed by atoms with Crippen LogP contribution in [0.3, 0.4) is 0 Å². The Morgan fingerprint density at radius 2 is 2.20 bits per heavy atom. The van der Waals surface area contributed by atoms with Gasteiger partial charge in [-0.25, -0.2) is 0 Å². The van der Waals surface area contributed by atoms with E-state index in [1.54, 1.807) is 12.1 Å². The van der Waals surface area contributed by atoms with Gasteiger partial charge in [-0.05, 0) is 31.5 Å². The largest absolute Gasteiger partial charge is 0.369 e. The molecule has 0 saturated carbocycles. The smallest absolute Gasteiger partial charge is 0.276 e. The molecule has 0 bridgehead atoms. The van der Waals surface area contributed by atoms with E-state index in [0.717, 1.165) is 25.3 Å². The number of nitrogens with zero attached hydrogens (tertiary/aromatic N) is 3. The monoisotopic (exact) mass is 273 g/mol. The Morgan fingerprint density at radius 1 is 1.35 bits per heavy atom. The second kappa shape index (κ2) is 5.25. The summed E-state index contributed by atoms with van der Waals surface area (Å²) in [6.45, 7) is 8.00. The second-order valence-electron chi connectivity index (χ2n) is 5.48. The quantitative estimate of drug-likeness (QED) is 0.627. The minimum atomic E-state index is -0.351. The van der Waals surface area contributed by atoms with Crippen LogP contribution in [0, 0.1) is 10.1 Å². The molecule has 0 unspecified atom stereocenters. The molecule has 1 aromatic carbocycles. The van der Waals surface area contributed by atoms with Crippen molar-refractivity contribution in [2.24, 2.45) is 0 Å². The molecule has 2 aliphatic heterocycles. The first-order valence-electron chi connectivity index (χ1n) is 7.09. The maximum atomic E-state index is 11.0. The summed E-state index contributed by atoms with van der Waals surface area (Å²) in [5.74, 6) is 0. The molecule has 0 spiro atoms. The Morgan fingerprint density at radius 3 is 2.95 bits per heavy atom. The van der Waals surface area contributed by atoms with Crippen molar-refractivity contribution >= 4 is 17.5 Å². The molecule has 2 aliphatic rings. The van der Waals surface area contributed by atoms with Gasteiger partial charge in [0.1, 0.15) is 0 Å². The van der Waals surface area contributed by atoms with E-state index in [9.17, 15) is 10.1 Å². The molecule has 0 amide bonds. The summed E-state index contributed by atoms with van der Waals surface area (Å²) in [4.78, 5) is 15.5. The Bertz CT molecular complexity index is 544. The van der Waals surface area contributed by atoms with Gasteiger partial charge in [-0.1, -0.05) is 12.7 Å². The topological polar surface area (TPSA) is 49.6 Å². The lowest BCUT2D eigenvalue weighted by atomic mass is 10.1. The van der Waals surface area contributed by atoms with Crippen LogP contribution < -0.4 is 4.90 Å². The summed E-state index contributed by atoms with van der Waals surface area (Å²) in [7, 11) is 0. The maximum absolute atomic E-state index is 11.0. The number of piperazine rings is 1. The minimum absolute atomic E-state index is 0.128. The fraction of sp³-hybridized carbons (Fsp3) is 0.467. The summed E-state index contributed by atoms with van der Waals surface area (Å²) in [5.41, 5.74) is 1.79. The molecule has 2 heterocycles. The molecule has 5 nitrogen and oxygen atoms in total. The van der Waals surface area contributed by atoms with Crippen molar-refractivity contribution in [3.8, 4) is 0 Å². The van der Waals surface area contributed by atoms with Crippen LogP contribution in [0.15, 0.2) is 24.8 Å². The van der Waals surface area contributed by atoms with E-state index in [0.29, 0.717) is 11.6 Å². The standard InChI is InChI=1S/C15H19N3O2/c1-2-12-10-13(5-6-15(12)18(19)20)17-9-8-16-7-3-4-14(16)11-17/h2,5-6,10,14H,1,3-4,7-9,11H2/t14-/m0/s1. The van der Waals surface area contributed by atoms with Crippen LogP contribution in [0.4, 0.5) is 11.4 Å². The molecule has 1 atom stereocenters. The molecular weight excluding hydrogens is 254 g/mol. The first-order valence-corrected chi connectivity index (χ1v) is 7.09. The van der Waals surface area contributed by atoms with Gasteiger partial charge in [0.2, 0.25) is 0 Å². The highest BCUT2D eigenvalue weighted by atomic mass is 16.6. The van der Waals surface area contributed by atoms with Gasteiger partial charge in [-0.15, -0.1) is 0 Å². The Kier molecular flexibility index (Phi) is 3.44. The maximum Gasteiger partial charge on any atom is 0.276 e. The van der Waals surface area contributed by atoms with Gasteiger partial charge in [-0.3, -0.25) is 15.0 Å². The van der Waals surface area contributed by atoms with Crippen molar-refractivity contribution in [1.82, 2.24) is 4.90 Å². The van der Waals surface area contributed by atoms with Gasteiger partial charge in [0, 0.05) is 37.4 Å². The highest BCUT2D eigenvalue weighted by Crippen LogP contribution is 2.29. The van der Waals surface area contributed by atoms with E-state index in [-0.39, 0.29) is 10.6 Å². The van der Waals surface area contributed by atoms with Crippen LogP contribution in [0.5, 0.6) is 0 Å². The van der Waals surface area contributed by atoms with Gasteiger partial charge in [0.15, 0.2) is 0 Å². The van der Waals surface area contributed by atoms with Gasteiger partial charge in [-0.2, -0.15) is 0 Å². The lowest BCUT2D eigenvalue weighted by Crippen LogP contribution is -2.50.